The van der Waals surface area contributed by atoms with Crippen molar-refractivity contribution in [3.05, 3.63) is 23.8 Å². The number of nitrogens with one attached hydrogen (secondary N) is 1. The van der Waals surface area contributed by atoms with Crippen LogP contribution < -0.4 is 10.1 Å². The number of benzene rings is 1. The van der Waals surface area contributed by atoms with E-state index in [-0.39, 0.29) is 11.8 Å². The molecule has 1 aliphatic carbocycles. The molecule has 72 valence electrons. The van der Waals surface area contributed by atoms with Crippen molar-refractivity contribution < 1.29 is 9.53 Å². The first-order valence-corrected chi connectivity index (χ1v) is 4.79. The van der Waals surface area contributed by atoms with Crippen molar-refractivity contribution in [1.82, 2.24) is 0 Å². The second-order valence-corrected chi connectivity index (χ2v) is 3.86. The van der Waals surface area contributed by atoms with Crippen LogP contribution in [-0.2, 0) is 4.79 Å². The molecule has 0 saturated heterocycles. The largest absolute Gasteiger partial charge is 0.495 e. The molecule has 3 nitrogen and oxygen atoms in total. The van der Waals surface area contributed by atoms with E-state index in [2.05, 4.69) is 11.4 Å². The summed E-state index contributed by atoms with van der Waals surface area (Å²) in [4.78, 5) is 11.5. The molecule has 3 rings (SSSR count). The van der Waals surface area contributed by atoms with Gasteiger partial charge >= 0.3 is 0 Å². The average Bonchev–Trinajstić information content (AvgIpc) is 2.97. The zero-order valence-electron chi connectivity index (χ0n) is 7.91. The van der Waals surface area contributed by atoms with E-state index in [0.717, 1.165) is 17.9 Å². The van der Waals surface area contributed by atoms with Gasteiger partial charge in [-0.3, -0.25) is 4.79 Å². The Kier molecular flexibility index (Phi) is 1.40. The molecule has 2 atom stereocenters. The first kappa shape index (κ1) is 7.85. The summed E-state index contributed by atoms with van der Waals surface area (Å²) in [6.45, 7) is 0. The third-order valence-corrected chi connectivity index (χ3v) is 3.05. The minimum Gasteiger partial charge on any atom is -0.495 e. The van der Waals surface area contributed by atoms with Crippen molar-refractivity contribution in [3.63, 3.8) is 0 Å². The van der Waals surface area contributed by atoms with Crippen molar-refractivity contribution in [2.75, 3.05) is 12.4 Å². The maximum atomic E-state index is 11.5. The number of fused-ring (bicyclic) bond motifs is 3. The SMILES string of the molecule is COc1cccc2c1NC(=O)C1CC21. The fraction of sp³-hybridized carbons (Fsp3) is 0.364. The summed E-state index contributed by atoms with van der Waals surface area (Å²) in [7, 11) is 1.63. The number of hydrogen-bond acceptors (Lipinski definition) is 2. The molecule has 0 aromatic heterocycles. The van der Waals surface area contributed by atoms with Gasteiger partial charge in [0, 0.05) is 5.92 Å². The van der Waals surface area contributed by atoms with Crippen LogP contribution in [0.5, 0.6) is 5.75 Å². The molecular formula is C11H11NO2. The number of para-hydroxylation sites is 1. The molecule has 0 spiro atoms. The molecule has 1 fully saturated rings. The molecule has 0 bridgehead atoms. The summed E-state index contributed by atoms with van der Waals surface area (Å²) in [5.74, 6) is 1.57. The van der Waals surface area contributed by atoms with Crippen molar-refractivity contribution in [1.29, 1.82) is 0 Å². The second kappa shape index (κ2) is 2.50. The molecule has 1 aromatic carbocycles. The third-order valence-electron chi connectivity index (χ3n) is 3.05. The van der Waals surface area contributed by atoms with Crippen molar-refractivity contribution in [2.24, 2.45) is 5.92 Å². The van der Waals surface area contributed by atoms with Gasteiger partial charge in [0.15, 0.2) is 0 Å². The fourth-order valence-electron chi connectivity index (χ4n) is 2.21. The first-order chi connectivity index (χ1) is 6.81. The van der Waals surface area contributed by atoms with E-state index in [1.165, 1.54) is 5.56 Å². The first-order valence-electron chi connectivity index (χ1n) is 4.79. The number of hydrogen-bond donors (Lipinski definition) is 1. The van der Waals surface area contributed by atoms with Gasteiger partial charge in [0.1, 0.15) is 5.75 Å². The van der Waals surface area contributed by atoms with Crippen LogP contribution in [0.4, 0.5) is 5.69 Å². The highest BCUT2D eigenvalue weighted by Gasteiger charge is 2.48. The van der Waals surface area contributed by atoms with Gasteiger partial charge in [-0.05, 0) is 24.0 Å². The van der Waals surface area contributed by atoms with Crippen LogP contribution in [-0.4, -0.2) is 13.0 Å². The third kappa shape index (κ3) is 0.895. The van der Waals surface area contributed by atoms with Crippen LogP contribution in [0.1, 0.15) is 17.9 Å². The van der Waals surface area contributed by atoms with E-state index in [1.807, 2.05) is 12.1 Å². The quantitative estimate of drug-likeness (QED) is 0.730. The monoisotopic (exact) mass is 189 g/mol. The predicted molar refractivity (Wildman–Crippen MR) is 52.5 cm³/mol. The molecule has 1 aliphatic heterocycles. The molecular weight excluding hydrogens is 178 g/mol. The van der Waals surface area contributed by atoms with Crippen LogP contribution in [0.2, 0.25) is 0 Å². The van der Waals surface area contributed by atoms with E-state index in [4.69, 9.17) is 4.74 Å². The number of rotatable bonds is 1. The molecule has 1 aromatic rings. The maximum Gasteiger partial charge on any atom is 0.228 e. The minimum atomic E-state index is 0.145. The number of carbonyl (C=O) groups is 1. The smallest absolute Gasteiger partial charge is 0.228 e. The van der Waals surface area contributed by atoms with Crippen LogP contribution in [0.15, 0.2) is 18.2 Å². The zero-order chi connectivity index (χ0) is 9.71. The van der Waals surface area contributed by atoms with Crippen LogP contribution in [0.3, 0.4) is 0 Å². The summed E-state index contributed by atoms with van der Waals surface area (Å²) < 4.78 is 5.21. The lowest BCUT2D eigenvalue weighted by Crippen LogP contribution is -2.20. The Hall–Kier alpha value is -1.51. The molecule has 1 heterocycles. The molecule has 1 amide bonds. The zero-order valence-corrected chi connectivity index (χ0v) is 7.91. The highest BCUT2D eigenvalue weighted by molar-refractivity contribution is 6.00. The number of anilines is 1. The van der Waals surface area contributed by atoms with Crippen molar-refractivity contribution >= 4 is 11.6 Å². The Bertz CT molecular complexity index is 414. The lowest BCUT2D eigenvalue weighted by Gasteiger charge is -2.18. The summed E-state index contributed by atoms with van der Waals surface area (Å²) in [6, 6.07) is 5.92. The van der Waals surface area contributed by atoms with E-state index in [9.17, 15) is 4.79 Å². The molecule has 1 saturated carbocycles. The van der Waals surface area contributed by atoms with E-state index < -0.39 is 0 Å². The Balaban J connectivity index is 2.15. The Morgan fingerprint density at radius 2 is 2.29 bits per heavy atom. The lowest BCUT2D eigenvalue weighted by molar-refractivity contribution is -0.117. The fourth-order valence-corrected chi connectivity index (χ4v) is 2.21. The predicted octanol–water partition coefficient (Wildman–Crippen LogP) is 1.75. The molecule has 2 aliphatic rings. The molecule has 3 heteroatoms. The average molecular weight is 189 g/mol. The highest BCUT2D eigenvalue weighted by Crippen LogP contribution is 2.55. The van der Waals surface area contributed by atoms with Gasteiger partial charge in [-0.15, -0.1) is 0 Å². The second-order valence-electron chi connectivity index (χ2n) is 3.86. The minimum absolute atomic E-state index is 0.145. The van der Waals surface area contributed by atoms with E-state index >= 15 is 0 Å². The Labute approximate surface area is 82.1 Å². The van der Waals surface area contributed by atoms with Crippen molar-refractivity contribution in [3.8, 4) is 5.75 Å². The number of methoxy groups -OCH3 is 1. The van der Waals surface area contributed by atoms with Crippen LogP contribution in [0, 0.1) is 5.92 Å². The van der Waals surface area contributed by atoms with Gasteiger partial charge < -0.3 is 10.1 Å². The van der Waals surface area contributed by atoms with E-state index in [1.54, 1.807) is 7.11 Å². The summed E-state index contributed by atoms with van der Waals surface area (Å²) in [6.07, 6.45) is 0.992. The summed E-state index contributed by atoms with van der Waals surface area (Å²) >= 11 is 0. The van der Waals surface area contributed by atoms with Gasteiger partial charge in [-0.2, -0.15) is 0 Å². The normalized spacial score (nSPS) is 27.4. The van der Waals surface area contributed by atoms with Gasteiger partial charge in [-0.25, -0.2) is 0 Å². The van der Waals surface area contributed by atoms with Crippen LogP contribution >= 0.6 is 0 Å². The molecule has 0 radical (unpaired) electrons. The molecule has 2 unspecified atom stereocenters. The Morgan fingerprint density at radius 1 is 1.43 bits per heavy atom. The topological polar surface area (TPSA) is 38.3 Å². The van der Waals surface area contributed by atoms with E-state index in [0.29, 0.717) is 5.92 Å². The van der Waals surface area contributed by atoms with Crippen LogP contribution in [0.25, 0.3) is 0 Å². The standard InChI is InChI=1S/C11H11NO2/c1-14-9-4-2-3-6-7-5-8(7)11(13)12-10(6)9/h2-4,7-8H,5H2,1H3,(H,12,13). The number of ether oxygens (including phenoxy) is 1. The van der Waals surface area contributed by atoms with Gasteiger partial charge in [0.25, 0.3) is 0 Å². The summed E-state index contributed by atoms with van der Waals surface area (Å²) in [5, 5.41) is 2.91. The van der Waals surface area contributed by atoms with Gasteiger partial charge in [-0.1, -0.05) is 12.1 Å². The molecule has 1 N–H and O–H groups in total. The maximum absolute atomic E-state index is 11.5. The molecule has 14 heavy (non-hydrogen) atoms. The highest BCUT2D eigenvalue weighted by atomic mass is 16.5. The number of amides is 1. The lowest BCUT2D eigenvalue weighted by atomic mass is 10.0. The Morgan fingerprint density at radius 3 is 3.07 bits per heavy atom. The number of carbonyl (C=O) groups excluding carboxylic acids is 1. The van der Waals surface area contributed by atoms with Gasteiger partial charge in [0.05, 0.1) is 12.8 Å². The van der Waals surface area contributed by atoms with Crippen molar-refractivity contribution in [2.45, 2.75) is 12.3 Å². The van der Waals surface area contributed by atoms with Gasteiger partial charge in [0.2, 0.25) is 5.91 Å². The summed E-state index contributed by atoms with van der Waals surface area (Å²) in [5.41, 5.74) is 2.10.